The van der Waals surface area contributed by atoms with Crippen LogP contribution in [0.15, 0.2) is 22.8 Å². The van der Waals surface area contributed by atoms with E-state index < -0.39 is 15.6 Å². The summed E-state index contributed by atoms with van der Waals surface area (Å²) in [4.78, 5) is 14.1. The van der Waals surface area contributed by atoms with E-state index in [-0.39, 0.29) is 18.4 Å². The van der Waals surface area contributed by atoms with E-state index in [0.29, 0.717) is 38.3 Å². The van der Waals surface area contributed by atoms with E-state index in [9.17, 15) is 13.2 Å². The van der Waals surface area contributed by atoms with Crippen LogP contribution < -0.4 is 4.72 Å². The van der Waals surface area contributed by atoms with Crippen LogP contribution in [0.4, 0.5) is 0 Å². The molecule has 0 aromatic carbocycles. The summed E-state index contributed by atoms with van der Waals surface area (Å²) in [6.45, 7) is 1.65. The molecule has 1 spiro atoms. The van der Waals surface area contributed by atoms with Crippen LogP contribution in [0.25, 0.3) is 0 Å². The third kappa shape index (κ3) is 4.13. The zero-order valence-electron chi connectivity index (χ0n) is 13.2. The first-order chi connectivity index (χ1) is 10.9. The van der Waals surface area contributed by atoms with Crippen molar-refractivity contribution in [2.45, 2.75) is 37.3 Å². The van der Waals surface area contributed by atoms with Gasteiger partial charge in [-0.1, -0.05) is 0 Å². The second-order valence-electron chi connectivity index (χ2n) is 6.43. The monoisotopic (exact) mass is 342 g/mol. The van der Waals surface area contributed by atoms with Crippen LogP contribution in [-0.4, -0.2) is 56.8 Å². The predicted octanol–water partition coefficient (Wildman–Crippen LogP) is 0.521. The van der Waals surface area contributed by atoms with Crippen LogP contribution in [0, 0.1) is 0 Å². The molecular formula is C15H22N2O5S. The summed E-state index contributed by atoms with van der Waals surface area (Å²) in [6, 6.07) is 3.42. The molecule has 2 aliphatic heterocycles. The SMILES string of the molecule is CS(=O)(=O)N[C@@H]1CCO[C@]2(CCN(C(=O)Cc3ccco3)C2)C1. The summed E-state index contributed by atoms with van der Waals surface area (Å²) in [5.74, 6) is 0.663. The minimum Gasteiger partial charge on any atom is -0.469 e. The predicted molar refractivity (Wildman–Crippen MR) is 83.3 cm³/mol. The highest BCUT2D eigenvalue weighted by Gasteiger charge is 2.45. The molecule has 2 fully saturated rings. The van der Waals surface area contributed by atoms with E-state index >= 15 is 0 Å². The molecule has 7 nitrogen and oxygen atoms in total. The minimum atomic E-state index is -3.23. The van der Waals surface area contributed by atoms with Gasteiger partial charge in [-0.25, -0.2) is 13.1 Å². The molecule has 0 aliphatic carbocycles. The van der Waals surface area contributed by atoms with Crippen LogP contribution >= 0.6 is 0 Å². The van der Waals surface area contributed by atoms with Gasteiger partial charge in [-0.2, -0.15) is 0 Å². The van der Waals surface area contributed by atoms with E-state index in [4.69, 9.17) is 9.15 Å². The number of furan rings is 1. The van der Waals surface area contributed by atoms with Gasteiger partial charge in [0.25, 0.3) is 0 Å². The molecule has 0 bridgehead atoms. The highest BCUT2D eigenvalue weighted by Crippen LogP contribution is 2.34. The van der Waals surface area contributed by atoms with Gasteiger partial charge in [0.2, 0.25) is 15.9 Å². The van der Waals surface area contributed by atoms with E-state index in [1.165, 1.54) is 6.26 Å². The first-order valence-corrected chi connectivity index (χ1v) is 9.66. The van der Waals surface area contributed by atoms with Crippen LogP contribution in [0.3, 0.4) is 0 Å². The van der Waals surface area contributed by atoms with Crippen molar-refractivity contribution in [1.29, 1.82) is 0 Å². The van der Waals surface area contributed by atoms with Crippen molar-refractivity contribution in [2.24, 2.45) is 0 Å². The molecule has 3 rings (SSSR count). The fourth-order valence-corrected chi connectivity index (χ4v) is 4.25. The number of amides is 1. The molecule has 2 aliphatic rings. The van der Waals surface area contributed by atoms with Gasteiger partial charge < -0.3 is 14.1 Å². The Hall–Kier alpha value is -1.38. The normalized spacial score (nSPS) is 28.4. The summed E-state index contributed by atoms with van der Waals surface area (Å²) in [5, 5.41) is 0. The number of rotatable bonds is 4. The van der Waals surface area contributed by atoms with Gasteiger partial charge in [-0.15, -0.1) is 0 Å². The smallest absolute Gasteiger partial charge is 0.230 e. The summed E-state index contributed by atoms with van der Waals surface area (Å²) in [7, 11) is -3.23. The average molecular weight is 342 g/mol. The maximum atomic E-state index is 12.3. The number of nitrogens with one attached hydrogen (secondary N) is 1. The van der Waals surface area contributed by atoms with Crippen molar-refractivity contribution in [2.75, 3.05) is 26.0 Å². The van der Waals surface area contributed by atoms with Crippen molar-refractivity contribution in [3.63, 3.8) is 0 Å². The Balaban J connectivity index is 1.60. The quantitative estimate of drug-likeness (QED) is 0.862. The molecule has 128 valence electrons. The van der Waals surface area contributed by atoms with E-state index in [1.54, 1.807) is 23.3 Å². The van der Waals surface area contributed by atoms with E-state index in [0.717, 1.165) is 6.42 Å². The second kappa shape index (κ2) is 6.26. The third-order valence-corrected chi connectivity index (χ3v) is 5.21. The third-order valence-electron chi connectivity index (χ3n) is 4.45. The number of hydrogen-bond acceptors (Lipinski definition) is 5. The fraction of sp³-hybridized carbons (Fsp3) is 0.667. The number of carbonyl (C=O) groups excluding carboxylic acids is 1. The molecule has 8 heteroatoms. The molecule has 2 atom stereocenters. The highest BCUT2D eigenvalue weighted by atomic mass is 32.2. The second-order valence-corrected chi connectivity index (χ2v) is 8.21. The molecule has 0 saturated carbocycles. The lowest BCUT2D eigenvalue weighted by atomic mass is 9.90. The van der Waals surface area contributed by atoms with Gasteiger partial charge in [0.15, 0.2) is 0 Å². The van der Waals surface area contributed by atoms with Crippen LogP contribution in [-0.2, 0) is 26.0 Å². The van der Waals surface area contributed by atoms with Crippen molar-refractivity contribution in [3.05, 3.63) is 24.2 Å². The number of carbonyl (C=O) groups is 1. The Labute approximate surface area is 136 Å². The van der Waals surface area contributed by atoms with Gasteiger partial charge in [-0.05, 0) is 31.4 Å². The molecule has 3 heterocycles. The largest absolute Gasteiger partial charge is 0.469 e. The lowest BCUT2D eigenvalue weighted by molar-refractivity contribution is -0.132. The molecule has 1 N–H and O–H groups in total. The molecule has 1 aromatic heterocycles. The molecule has 1 amide bonds. The van der Waals surface area contributed by atoms with Crippen LogP contribution in [0.1, 0.15) is 25.0 Å². The topological polar surface area (TPSA) is 88.9 Å². The number of ether oxygens (including phenoxy) is 1. The Bertz CT molecular complexity index is 657. The van der Waals surface area contributed by atoms with Gasteiger partial charge in [-0.3, -0.25) is 4.79 Å². The van der Waals surface area contributed by atoms with Crippen molar-refractivity contribution in [1.82, 2.24) is 9.62 Å². The molecule has 0 radical (unpaired) electrons. The first kappa shape index (κ1) is 16.5. The van der Waals surface area contributed by atoms with Gasteiger partial charge >= 0.3 is 0 Å². The lowest BCUT2D eigenvalue weighted by Crippen LogP contribution is -2.50. The maximum absolute atomic E-state index is 12.3. The van der Waals surface area contributed by atoms with Crippen molar-refractivity contribution >= 4 is 15.9 Å². The summed E-state index contributed by atoms with van der Waals surface area (Å²) >= 11 is 0. The number of hydrogen-bond donors (Lipinski definition) is 1. The first-order valence-electron chi connectivity index (χ1n) is 7.77. The molecule has 0 unspecified atom stereocenters. The molecule has 2 saturated heterocycles. The Morgan fingerprint density at radius 1 is 1.52 bits per heavy atom. The van der Waals surface area contributed by atoms with Gasteiger partial charge in [0.1, 0.15) is 5.76 Å². The molecule has 1 aromatic rings. The van der Waals surface area contributed by atoms with E-state index in [2.05, 4.69) is 4.72 Å². The van der Waals surface area contributed by atoms with Crippen LogP contribution in [0.5, 0.6) is 0 Å². The highest BCUT2D eigenvalue weighted by molar-refractivity contribution is 7.88. The zero-order valence-corrected chi connectivity index (χ0v) is 14.0. The number of nitrogens with zero attached hydrogens (tertiary/aromatic N) is 1. The van der Waals surface area contributed by atoms with E-state index in [1.807, 2.05) is 0 Å². The Kier molecular flexibility index (Phi) is 4.48. The lowest BCUT2D eigenvalue weighted by Gasteiger charge is -2.38. The summed E-state index contributed by atoms with van der Waals surface area (Å²) in [5.41, 5.74) is -0.431. The van der Waals surface area contributed by atoms with Crippen LogP contribution in [0.2, 0.25) is 0 Å². The fourth-order valence-electron chi connectivity index (χ4n) is 3.45. The minimum absolute atomic E-state index is 0.0126. The molecular weight excluding hydrogens is 320 g/mol. The standard InChI is InChI=1S/C15H22N2O5S/c1-23(19,20)16-12-4-8-22-15(10-12)5-6-17(11-15)14(18)9-13-3-2-7-21-13/h2-3,7,12,16H,4-6,8-11H2,1H3/t12-,15-/m1/s1. The number of sulfonamides is 1. The Morgan fingerprint density at radius 2 is 2.35 bits per heavy atom. The summed E-state index contributed by atoms with van der Waals surface area (Å²) < 4.78 is 36.7. The zero-order chi connectivity index (χ0) is 16.5. The summed E-state index contributed by atoms with van der Waals surface area (Å²) in [6.07, 6.45) is 4.97. The maximum Gasteiger partial charge on any atom is 0.230 e. The van der Waals surface area contributed by atoms with Gasteiger partial charge in [0, 0.05) is 25.7 Å². The molecule has 23 heavy (non-hydrogen) atoms. The van der Waals surface area contributed by atoms with Gasteiger partial charge in [0.05, 0.1) is 24.5 Å². The van der Waals surface area contributed by atoms with Crippen molar-refractivity contribution < 1.29 is 22.4 Å². The average Bonchev–Trinajstić information content (AvgIpc) is 3.07. The Morgan fingerprint density at radius 3 is 3.04 bits per heavy atom. The van der Waals surface area contributed by atoms with Crippen molar-refractivity contribution in [3.8, 4) is 0 Å². The number of likely N-dealkylation sites (tertiary alicyclic amines) is 1.